The fourth-order valence-corrected chi connectivity index (χ4v) is 0.593. The minimum atomic E-state index is -2.09. The van der Waals surface area contributed by atoms with Gasteiger partial charge in [-0.1, -0.05) is 0 Å². The molecule has 1 atom stereocenters. The molecule has 0 radical (unpaired) electrons. The lowest BCUT2D eigenvalue weighted by atomic mass is 11.1. The van der Waals surface area contributed by atoms with Gasteiger partial charge in [0, 0.05) is 0 Å². The van der Waals surface area contributed by atoms with Crippen LogP contribution in [0.3, 0.4) is 0 Å². The molecule has 0 spiro atoms. The van der Waals surface area contributed by atoms with E-state index in [9.17, 15) is 4.21 Å². The van der Waals surface area contributed by atoms with Crippen molar-refractivity contribution in [1.82, 2.24) is 15.0 Å². The van der Waals surface area contributed by atoms with Crippen molar-refractivity contribution in [2.75, 3.05) is 0 Å². The van der Waals surface area contributed by atoms with E-state index in [1.54, 1.807) is 0 Å². The fourth-order valence-electron chi connectivity index (χ4n) is 0.319. The molecular weight excluding hydrogens is 142 g/mol. The van der Waals surface area contributed by atoms with E-state index in [0.717, 1.165) is 12.7 Å². The van der Waals surface area contributed by atoms with E-state index in [1.165, 1.54) is 0 Å². The molecule has 0 fully saturated rings. The Hall–Kier alpha value is -0.880. The fraction of sp³-hybridized carbons (Fsp3) is 0. The maximum atomic E-state index is 10.2. The minimum absolute atomic E-state index is 0.120. The highest BCUT2D eigenvalue weighted by atomic mass is 32.2. The maximum Gasteiger partial charge on any atom is 0.249 e. The van der Waals surface area contributed by atoms with Gasteiger partial charge in [-0.25, -0.2) is 19.2 Å². The van der Waals surface area contributed by atoms with Crippen LogP contribution in [-0.4, -0.2) is 23.7 Å². The average molecular weight is 145 g/mol. The minimum Gasteiger partial charge on any atom is -0.300 e. The Morgan fingerprint density at radius 1 is 1.44 bits per heavy atom. The van der Waals surface area contributed by atoms with Crippen LogP contribution in [0.25, 0.3) is 0 Å². The summed E-state index contributed by atoms with van der Waals surface area (Å²) in [4.78, 5) is 10.3. The van der Waals surface area contributed by atoms with Crippen molar-refractivity contribution in [3.8, 4) is 0 Å². The zero-order valence-electron chi connectivity index (χ0n) is 4.26. The highest BCUT2D eigenvalue weighted by molar-refractivity contribution is 7.79. The van der Waals surface area contributed by atoms with Crippen molar-refractivity contribution >= 4 is 11.1 Å². The van der Waals surface area contributed by atoms with Crippen LogP contribution < -0.4 is 0 Å². The van der Waals surface area contributed by atoms with Gasteiger partial charge in [-0.3, -0.25) is 4.55 Å². The zero-order valence-corrected chi connectivity index (χ0v) is 5.08. The van der Waals surface area contributed by atoms with Crippen LogP contribution in [0.15, 0.2) is 17.8 Å². The Balaban J connectivity index is 2.98. The molecule has 5 nitrogen and oxygen atoms in total. The van der Waals surface area contributed by atoms with Crippen molar-refractivity contribution in [2.24, 2.45) is 0 Å². The van der Waals surface area contributed by atoms with Gasteiger partial charge < -0.3 is 0 Å². The quantitative estimate of drug-likeness (QED) is 0.536. The summed E-state index contributed by atoms with van der Waals surface area (Å²) in [7, 11) is 0. The third-order valence-electron chi connectivity index (χ3n) is 0.626. The summed E-state index contributed by atoms with van der Waals surface area (Å²) in [6.45, 7) is 0. The van der Waals surface area contributed by atoms with Crippen LogP contribution >= 0.6 is 0 Å². The Morgan fingerprint density at radius 3 is 2.33 bits per heavy atom. The lowest BCUT2D eigenvalue weighted by Crippen LogP contribution is -1.96. The topological polar surface area (TPSA) is 76.0 Å². The SMILES string of the molecule is O=S(O)c1ncncn1. The average Bonchev–Trinajstić information content (AvgIpc) is 1.90. The Labute approximate surface area is 53.5 Å². The first kappa shape index (κ1) is 6.24. The van der Waals surface area contributed by atoms with E-state index in [2.05, 4.69) is 15.0 Å². The first-order valence-electron chi connectivity index (χ1n) is 2.03. The van der Waals surface area contributed by atoms with Crippen molar-refractivity contribution < 1.29 is 8.76 Å². The van der Waals surface area contributed by atoms with Crippen LogP contribution in [0.1, 0.15) is 0 Å². The van der Waals surface area contributed by atoms with E-state index in [1.807, 2.05) is 0 Å². The molecule has 1 aromatic heterocycles. The molecule has 9 heavy (non-hydrogen) atoms. The van der Waals surface area contributed by atoms with Gasteiger partial charge in [-0.05, 0) is 0 Å². The van der Waals surface area contributed by atoms with Gasteiger partial charge in [0.15, 0.2) is 0 Å². The molecule has 1 aromatic rings. The lowest BCUT2D eigenvalue weighted by Gasteiger charge is -1.86. The molecule has 0 saturated heterocycles. The highest BCUT2D eigenvalue weighted by Crippen LogP contribution is 1.88. The molecule has 0 bridgehead atoms. The van der Waals surface area contributed by atoms with Crippen molar-refractivity contribution in [2.45, 2.75) is 5.16 Å². The summed E-state index contributed by atoms with van der Waals surface area (Å²) in [5.41, 5.74) is 0. The van der Waals surface area contributed by atoms with E-state index in [4.69, 9.17) is 4.55 Å². The number of rotatable bonds is 1. The number of hydrogen-bond acceptors (Lipinski definition) is 4. The summed E-state index contributed by atoms with van der Waals surface area (Å²) in [6.07, 6.45) is 2.33. The summed E-state index contributed by atoms with van der Waals surface area (Å²) in [5, 5.41) is -0.120. The molecule has 0 amide bonds. The van der Waals surface area contributed by atoms with Crippen LogP contribution in [0.2, 0.25) is 0 Å². The van der Waals surface area contributed by atoms with Crippen LogP contribution in [0.5, 0.6) is 0 Å². The second-order valence-corrected chi connectivity index (χ2v) is 2.03. The van der Waals surface area contributed by atoms with Gasteiger partial charge in [0.25, 0.3) is 0 Å². The predicted molar refractivity (Wildman–Crippen MR) is 28.9 cm³/mol. The molecular formula is C3H3N3O2S. The third kappa shape index (κ3) is 1.51. The molecule has 0 aliphatic rings. The van der Waals surface area contributed by atoms with Gasteiger partial charge in [-0.2, -0.15) is 0 Å². The molecule has 48 valence electrons. The van der Waals surface area contributed by atoms with E-state index < -0.39 is 11.1 Å². The van der Waals surface area contributed by atoms with Crippen LogP contribution in [-0.2, 0) is 11.1 Å². The molecule has 6 heteroatoms. The lowest BCUT2D eigenvalue weighted by molar-refractivity contribution is 0.553. The monoisotopic (exact) mass is 145 g/mol. The van der Waals surface area contributed by atoms with Crippen molar-refractivity contribution in [1.29, 1.82) is 0 Å². The summed E-state index contributed by atoms with van der Waals surface area (Å²) >= 11 is -2.09. The van der Waals surface area contributed by atoms with Gasteiger partial charge in [0.1, 0.15) is 12.7 Å². The number of nitrogens with zero attached hydrogens (tertiary/aromatic N) is 3. The summed E-state index contributed by atoms with van der Waals surface area (Å²) < 4.78 is 18.5. The van der Waals surface area contributed by atoms with Crippen LogP contribution in [0.4, 0.5) is 0 Å². The number of hydrogen-bond donors (Lipinski definition) is 1. The van der Waals surface area contributed by atoms with Gasteiger partial charge >= 0.3 is 0 Å². The van der Waals surface area contributed by atoms with E-state index in [0.29, 0.717) is 0 Å². The number of aromatic nitrogens is 3. The van der Waals surface area contributed by atoms with Gasteiger partial charge in [0.2, 0.25) is 16.2 Å². The second-order valence-electron chi connectivity index (χ2n) is 1.17. The third-order valence-corrected chi connectivity index (χ3v) is 1.15. The molecule has 0 saturated carbocycles. The second kappa shape index (κ2) is 2.60. The van der Waals surface area contributed by atoms with E-state index >= 15 is 0 Å². The van der Waals surface area contributed by atoms with Gasteiger partial charge in [0.05, 0.1) is 0 Å². The Morgan fingerprint density at radius 2 is 2.00 bits per heavy atom. The predicted octanol–water partition coefficient (Wildman–Crippen LogP) is -0.548. The largest absolute Gasteiger partial charge is 0.300 e. The summed E-state index contributed by atoms with van der Waals surface area (Å²) in [5.74, 6) is 0. The van der Waals surface area contributed by atoms with Crippen molar-refractivity contribution in [3.05, 3.63) is 12.7 Å². The standard InChI is InChI=1S/C3H3N3O2S/c7-9(8)3-5-1-4-2-6-3/h1-2H,(H,7,8). The molecule has 1 rings (SSSR count). The highest BCUT2D eigenvalue weighted by Gasteiger charge is 1.98. The van der Waals surface area contributed by atoms with Crippen LogP contribution in [0, 0.1) is 0 Å². The van der Waals surface area contributed by atoms with Crippen molar-refractivity contribution in [3.63, 3.8) is 0 Å². The van der Waals surface area contributed by atoms with Gasteiger partial charge in [-0.15, -0.1) is 0 Å². The molecule has 1 unspecified atom stereocenters. The maximum absolute atomic E-state index is 10.2. The first-order valence-corrected chi connectivity index (χ1v) is 3.14. The normalized spacial score (nSPS) is 13.0. The first-order chi connectivity index (χ1) is 4.30. The molecule has 0 aliphatic heterocycles. The summed E-state index contributed by atoms with van der Waals surface area (Å²) in [6, 6.07) is 0. The molecule has 1 heterocycles. The Bertz CT molecular complexity index is 214. The molecule has 0 aromatic carbocycles. The molecule has 1 N–H and O–H groups in total. The Kier molecular flexibility index (Phi) is 1.81. The smallest absolute Gasteiger partial charge is 0.249 e. The zero-order chi connectivity index (χ0) is 6.69. The van der Waals surface area contributed by atoms with E-state index in [-0.39, 0.29) is 5.16 Å². The molecule has 0 aliphatic carbocycles.